The summed E-state index contributed by atoms with van der Waals surface area (Å²) in [6, 6.07) is -0.303. The minimum absolute atomic E-state index is 0.0473. The molecule has 5 aliphatic carbocycles. The molecule has 12 heteroatoms. The van der Waals surface area contributed by atoms with E-state index in [0.29, 0.717) is 35.0 Å². The fourth-order valence-electron chi connectivity index (χ4n) is 13.5. The highest BCUT2D eigenvalue weighted by atomic mass is 32.1. The van der Waals surface area contributed by atoms with E-state index in [1.807, 2.05) is 0 Å². The van der Waals surface area contributed by atoms with Crippen LogP contribution in [0.4, 0.5) is 22.8 Å². The van der Waals surface area contributed by atoms with Crippen molar-refractivity contribution in [1.29, 1.82) is 0 Å². The van der Waals surface area contributed by atoms with Gasteiger partial charge in [0, 0.05) is 42.3 Å². The van der Waals surface area contributed by atoms with Crippen LogP contribution in [-0.4, -0.2) is 96.1 Å². The number of amides is 2. The van der Waals surface area contributed by atoms with Gasteiger partial charge in [-0.05, 0) is 105 Å². The Kier molecular flexibility index (Phi) is 8.59. The molecule has 1 N–H and O–H groups in total. The van der Waals surface area contributed by atoms with Crippen molar-refractivity contribution in [1.82, 2.24) is 15.1 Å². The Balaban J connectivity index is 0.922. The minimum Gasteiger partial charge on any atom is -0.446 e. The Morgan fingerprint density at radius 1 is 1.02 bits per heavy atom. The number of thiol groups is 1. The van der Waals surface area contributed by atoms with Gasteiger partial charge in [-0.1, -0.05) is 34.6 Å². The van der Waals surface area contributed by atoms with Crippen molar-refractivity contribution in [2.75, 3.05) is 32.7 Å². The van der Waals surface area contributed by atoms with Crippen LogP contribution in [0, 0.1) is 51.8 Å². The molecule has 8 rings (SSSR count). The number of ether oxygens (including phenoxy) is 3. The van der Waals surface area contributed by atoms with Gasteiger partial charge in [0.25, 0.3) is 0 Å². The minimum atomic E-state index is -4.23. The third kappa shape index (κ3) is 5.51. The Morgan fingerprint density at radius 3 is 2.42 bits per heavy atom. The summed E-state index contributed by atoms with van der Waals surface area (Å²) < 4.78 is 57.3. The van der Waals surface area contributed by atoms with Crippen molar-refractivity contribution in [3.05, 3.63) is 0 Å². The van der Waals surface area contributed by atoms with E-state index in [9.17, 15) is 22.8 Å². The lowest BCUT2D eigenvalue weighted by Crippen LogP contribution is -2.61. The number of carbonyl (C=O) groups excluding carboxylic acids is 2. The Hall–Kier alpha value is -1.40. The maximum Gasteiger partial charge on any atom is 0.410 e. The highest BCUT2D eigenvalue weighted by Crippen LogP contribution is 2.86. The molecule has 12 atom stereocenters. The number of rotatable bonds is 6. The second kappa shape index (κ2) is 12.1. The highest BCUT2D eigenvalue weighted by Gasteiger charge is 2.81. The lowest BCUT2D eigenvalue weighted by Gasteiger charge is -2.59. The van der Waals surface area contributed by atoms with Crippen LogP contribution >= 0.6 is 12.6 Å². The van der Waals surface area contributed by atoms with Gasteiger partial charge in [0.05, 0.1) is 24.8 Å². The first-order chi connectivity index (χ1) is 23.5. The van der Waals surface area contributed by atoms with Gasteiger partial charge in [-0.15, -0.1) is 0 Å². The Morgan fingerprint density at radius 2 is 1.76 bits per heavy atom. The van der Waals surface area contributed by atoms with Crippen LogP contribution < -0.4 is 5.32 Å². The van der Waals surface area contributed by atoms with Crippen LogP contribution in [0.3, 0.4) is 0 Å². The van der Waals surface area contributed by atoms with Crippen molar-refractivity contribution in [2.45, 2.75) is 140 Å². The normalized spacial score (nSPS) is 45.4. The standard InChI is InChI=1S/C38H58F3N3O5S/c1-21(2)31(49-33(46)44-13-6-14-44)27-15-22(3)30-26(47-27)16-25-24-7-8-28-34(4,5)29(9-10-36(28)19-35(24,36)11-12-37(25,30)50)48-32(45)42-23-17-43(18-23)20-38(39,40)41/h21-31,50H,6-20H2,1-5H3,(H,42,45)/t22-,24?,25?,26?,27?,28+,29+,30?,31-,35+,36-,37-/m1/s1. The number of fused-ring (bicyclic) bond motifs is 4. The van der Waals surface area contributed by atoms with Crippen LogP contribution in [-0.2, 0) is 14.2 Å². The Labute approximate surface area is 301 Å². The van der Waals surface area contributed by atoms with Crippen LogP contribution in [0.5, 0.6) is 0 Å². The van der Waals surface area contributed by atoms with E-state index in [2.05, 4.69) is 39.9 Å². The number of alkyl carbamates (subject to hydrolysis) is 1. The number of likely N-dealkylation sites (tertiary alicyclic amines) is 2. The first kappa shape index (κ1) is 35.6. The Bertz CT molecular complexity index is 1360. The van der Waals surface area contributed by atoms with Crippen LogP contribution in [0.25, 0.3) is 0 Å². The molecule has 0 radical (unpaired) electrons. The number of carbonyl (C=O) groups is 2. The van der Waals surface area contributed by atoms with Crippen LogP contribution in [0.1, 0.15) is 98.8 Å². The fourth-order valence-corrected chi connectivity index (χ4v) is 14.3. The van der Waals surface area contributed by atoms with E-state index in [-0.39, 0.29) is 71.1 Å². The predicted octanol–water partition coefficient (Wildman–Crippen LogP) is 7.31. The predicted molar refractivity (Wildman–Crippen MR) is 185 cm³/mol. The van der Waals surface area contributed by atoms with E-state index in [0.717, 1.165) is 64.5 Å². The molecule has 8 aliphatic rings. The fraction of sp³-hybridized carbons (Fsp3) is 0.947. The topological polar surface area (TPSA) is 80.3 Å². The van der Waals surface area contributed by atoms with Gasteiger partial charge in [0.2, 0.25) is 0 Å². The van der Waals surface area contributed by atoms with Gasteiger partial charge in [0.1, 0.15) is 12.2 Å². The summed E-state index contributed by atoms with van der Waals surface area (Å²) in [7, 11) is 0. The smallest absolute Gasteiger partial charge is 0.410 e. The molecule has 3 heterocycles. The molecule has 2 amide bonds. The number of halogens is 3. The molecule has 0 aromatic heterocycles. The first-order valence-electron chi connectivity index (χ1n) is 19.6. The molecular formula is C38H58F3N3O5S. The van der Waals surface area contributed by atoms with Gasteiger partial charge in [-0.3, -0.25) is 4.90 Å². The van der Waals surface area contributed by atoms with E-state index < -0.39 is 18.8 Å². The summed E-state index contributed by atoms with van der Waals surface area (Å²) in [6.07, 6.45) is 5.35. The van der Waals surface area contributed by atoms with Gasteiger partial charge in [-0.25, -0.2) is 9.59 Å². The zero-order valence-electron chi connectivity index (χ0n) is 30.5. The van der Waals surface area contributed by atoms with E-state index >= 15 is 0 Å². The number of hydrogen-bond acceptors (Lipinski definition) is 7. The summed E-state index contributed by atoms with van der Waals surface area (Å²) in [5.74, 6) is 2.59. The molecule has 8 nitrogen and oxygen atoms in total. The van der Waals surface area contributed by atoms with Gasteiger partial charge >= 0.3 is 18.4 Å². The first-order valence-corrected chi connectivity index (χ1v) is 20.0. The summed E-state index contributed by atoms with van der Waals surface area (Å²) in [5.41, 5.74) is 0.400. The van der Waals surface area contributed by atoms with Gasteiger partial charge in [-0.2, -0.15) is 25.8 Å². The molecule has 0 aromatic carbocycles. The largest absolute Gasteiger partial charge is 0.446 e. The molecule has 5 unspecified atom stereocenters. The third-order valence-corrected chi connectivity index (χ3v) is 16.5. The summed E-state index contributed by atoms with van der Waals surface area (Å²) >= 11 is 5.66. The van der Waals surface area contributed by atoms with E-state index in [1.165, 1.54) is 17.7 Å². The molecule has 8 fully saturated rings. The SMILES string of the molecule is CC(C)[C@@H](OC(=O)N1CCC1)C1C[C@@H](C)C2C(CC3C4CC[C@H]5C(C)(C)[C@@H](OC(=O)NC6CN(CC(F)(F)F)C6)CC[C@@]56C[C@@]46CC[C@@]32S)O1. The quantitative estimate of drug-likeness (QED) is 0.280. The third-order valence-electron chi connectivity index (χ3n) is 15.7. The highest BCUT2D eigenvalue weighted by molar-refractivity contribution is 7.81. The number of alkyl halides is 3. The maximum absolute atomic E-state index is 13.0. The summed E-state index contributed by atoms with van der Waals surface area (Å²) in [4.78, 5) is 28.9. The maximum atomic E-state index is 13.0. The summed E-state index contributed by atoms with van der Waals surface area (Å²) in [5, 5.41) is 2.83. The summed E-state index contributed by atoms with van der Waals surface area (Å²) in [6.45, 7) is 12.2. The van der Waals surface area contributed by atoms with Crippen LogP contribution in [0.15, 0.2) is 0 Å². The van der Waals surface area contributed by atoms with Gasteiger partial charge < -0.3 is 24.4 Å². The van der Waals surface area contributed by atoms with Crippen molar-refractivity contribution < 1.29 is 37.0 Å². The zero-order valence-corrected chi connectivity index (χ0v) is 31.4. The molecule has 0 aromatic rings. The second-order valence-electron chi connectivity index (χ2n) is 18.8. The molecule has 0 bridgehead atoms. The van der Waals surface area contributed by atoms with Gasteiger partial charge in [0.15, 0.2) is 0 Å². The van der Waals surface area contributed by atoms with Crippen molar-refractivity contribution in [3.8, 4) is 0 Å². The average molecular weight is 726 g/mol. The molecule has 5 saturated carbocycles. The van der Waals surface area contributed by atoms with E-state index in [1.54, 1.807) is 4.90 Å². The average Bonchev–Trinajstić information content (AvgIpc) is 3.53. The van der Waals surface area contributed by atoms with Crippen LogP contribution in [0.2, 0.25) is 0 Å². The van der Waals surface area contributed by atoms with Crippen molar-refractivity contribution >= 4 is 24.8 Å². The lowest BCUT2D eigenvalue weighted by molar-refractivity contribution is -0.155. The molecular weight excluding hydrogens is 667 g/mol. The second-order valence-corrected chi connectivity index (χ2v) is 19.7. The number of nitrogens with one attached hydrogen (secondary N) is 1. The zero-order chi connectivity index (χ0) is 35.6. The molecule has 3 aliphatic heterocycles. The number of hydrogen-bond donors (Lipinski definition) is 2. The van der Waals surface area contributed by atoms with Crippen molar-refractivity contribution in [2.24, 2.45) is 51.8 Å². The monoisotopic (exact) mass is 725 g/mol. The van der Waals surface area contributed by atoms with E-state index in [4.69, 9.17) is 26.8 Å². The molecule has 50 heavy (non-hydrogen) atoms. The molecule has 2 spiro atoms. The molecule has 282 valence electrons. The molecule has 3 saturated heterocycles. The number of nitrogens with zero attached hydrogens (tertiary/aromatic N) is 2. The van der Waals surface area contributed by atoms with Crippen molar-refractivity contribution in [3.63, 3.8) is 0 Å². The lowest BCUT2D eigenvalue weighted by atomic mass is 9.48.